The molecule has 0 atom stereocenters. The molecule has 150 valence electrons. The van der Waals surface area contributed by atoms with Crippen LogP contribution >= 0.6 is 11.6 Å². The van der Waals surface area contributed by atoms with E-state index in [2.05, 4.69) is 10.5 Å². The molecule has 0 bridgehead atoms. The minimum absolute atomic E-state index is 0.0152. The van der Waals surface area contributed by atoms with Crippen molar-refractivity contribution >= 4 is 23.5 Å². The highest BCUT2D eigenvalue weighted by molar-refractivity contribution is 6.31. The van der Waals surface area contributed by atoms with Crippen molar-refractivity contribution in [2.75, 3.05) is 7.11 Å². The maximum absolute atomic E-state index is 11.0. The van der Waals surface area contributed by atoms with E-state index in [9.17, 15) is 10.1 Å². The van der Waals surface area contributed by atoms with E-state index in [0.717, 1.165) is 28.2 Å². The van der Waals surface area contributed by atoms with Gasteiger partial charge in [0.15, 0.2) is 0 Å². The quantitative estimate of drug-likeness (QED) is 0.343. The SMILES string of the molecule is COc1cc([N+](=O)[O-])ccc1-n1c(C)cc(/C=N\NCc2ccccc2Cl)c1C. The van der Waals surface area contributed by atoms with Crippen LogP contribution in [0.4, 0.5) is 5.69 Å². The van der Waals surface area contributed by atoms with Gasteiger partial charge >= 0.3 is 0 Å². The summed E-state index contributed by atoms with van der Waals surface area (Å²) in [5.74, 6) is 0.432. The van der Waals surface area contributed by atoms with Gasteiger partial charge in [-0.2, -0.15) is 5.10 Å². The van der Waals surface area contributed by atoms with Gasteiger partial charge in [0.1, 0.15) is 5.75 Å². The standard InChI is InChI=1S/C21H21ClN4O3/c1-14-10-17(13-24-23-12-16-6-4-5-7-19(16)22)15(2)25(14)20-9-8-18(26(27)28)11-21(20)29-3/h4-11,13,23H,12H2,1-3H3/b24-13-. The molecule has 0 saturated carbocycles. The molecular formula is C21H21ClN4O3. The number of aromatic nitrogens is 1. The summed E-state index contributed by atoms with van der Waals surface area (Å²) >= 11 is 6.15. The third-order valence-electron chi connectivity index (χ3n) is 4.61. The van der Waals surface area contributed by atoms with Crippen molar-refractivity contribution in [3.8, 4) is 11.4 Å². The van der Waals surface area contributed by atoms with E-state index in [0.29, 0.717) is 17.3 Å². The summed E-state index contributed by atoms with van der Waals surface area (Å²) in [4.78, 5) is 10.6. The number of nitrogens with one attached hydrogen (secondary N) is 1. The fourth-order valence-corrected chi connectivity index (χ4v) is 3.34. The zero-order chi connectivity index (χ0) is 21.0. The summed E-state index contributed by atoms with van der Waals surface area (Å²) < 4.78 is 7.37. The highest BCUT2D eigenvalue weighted by Crippen LogP contribution is 2.31. The number of halogens is 1. The number of benzene rings is 2. The molecule has 29 heavy (non-hydrogen) atoms. The molecule has 0 aliphatic heterocycles. The van der Waals surface area contributed by atoms with Gasteiger partial charge in [0, 0.05) is 28.0 Å². The zero-order valence-electron chi connectivity index (χ0n) is 16.3. The van der Waals surface area contributed by atoms with Crippen LogP contribution in [0.2, 0.25) is 5.02 Å². The van der Waals surface area contributed by atoms with E-state index in [-0.39, 0.29) is 5.69 Å². The van der Waals surface area contributed by atoms with Crippen LogP contribution in [0, 0.1) is 24.0 Å². The second kappa shape index (κ2) is 8.79. The van der Waals surface area contributed by atoms with Gasteiger partial charge in [-0.15, -0.1) is 0 Å². The minimum Gasteiger partial charge on any atom is -0.494 e. The lowest BCUT2D eigenvalue weighted by Crippen LogP contribution is -2.06. The summed E-state index contributed by atoms with van der Waals surface area (Å²) in [6.45, 7) is 4.44. The van der Waals surface area contributed by atoms with E-state index >= 15 is 0 Å². The average molecular weight is 413 g/mol. The van der Waals surface area contributed by atoms with Crippen molar-refractivity contribution in [3.63, 3.8) is 0 Å². The fraction of sp³-hybridized carbons (Fsp3) is 0.190. The number of hydrazone groups is 1. The maximum Gasteiger partial charge on any atom is 0.273 e. The maximum atomic E-state index is 11.0. The van der Waals surface area contributed by atoms with Gasteiger partial charge in [0.2, 0.25) is 0 Å². The van der Waals surface area contributed by atoms with E-state index in [1.807, 2.05) is 48.7 Å². The second-order valence-corrected chi connectivity index (χ2v) is 6.87. The molecule has 8 heteroatoms. The van der Waals surface area contributed by atoms with Crippen LogP contribution in [0.3, 0.4) is 0 Å². The summed E-state index contributed by atoms with van der Waals surface area (Å²) in [5.41, 5.74) is 7.52. The van der Waals surface area contributed by atoms with Crippen LogP contribution in [0.25, 0.3) is 5.69 Å². The molecule has 0 aliphatic rings. The topological polar surface area (TPSA) is 81.7 Å². The number of hydrogen-bond donors (Lipinski definition) is 1. The Morgan fingerprint density at radius 1 is 1.24 bits per heavy atom. The third kappa shape index (κ3) is 4.41. The van der Waals surface area contributed by atoms with Crippen molar-refractivity contribution in [1.82, 2.24) is 9.99 Å². The van der Waals surface area contributed by atoms with Crippen LogP contribution < -0.4 is 10.2 Å². The van der Waals surface area contributed by atoms with E-state index < -0.39 is 4.92 Å². The number of nitro groups is 1. The van der Waals surface area contributed by atoms with Crippen LogP contribution in [-0.4, -0.2) is 22.8 Å². The van der Waals surface area contributed by atoms with Crippen LogP contribution in [0.1, 0.15) is 22.5 Å². The Morgan fingerprint density at radius 3 is 2.69 bits per heavy atom. The minimum atomic E-state index is -0.440. The summed E-state index contributed by atoms with van der Waals surface area (Å²) in [6.07, 6.45) is 1.74. The molecule has 0 unspecified atom stereocenters. The van der Waals surface area contributed by atoms with Gasteiger partial charge in [-0.1, -0.05) is 29.8 Å². The van der Waals surface area contributed by atoms with Gasteiger partial charge in [-0.3, -0.25) is 10.1 Å². The van der Waals surface area contributed by atoms with Gasteiger partial charge in [-0.05, 0) is 37.6 Å². The molecule has 3 rings (SSSR count). The smallest absolute Gasteiger partial charge is 0.273 e. The fourth-order valence-electron chi connectivity index (χ4n) is 3.14. The lowest BCUT2D eigenvalue weighted by Gasteiger charge is -2.13. The predicted molar refractivity (Wildman–Crippen MR) is 114 cm³/mol. The van der Waals surface area contributed by atoms with E-state index in [4.69, 9.17) is 16.3 Å². The molecule has 1 heterocycles. The molecule has 0 amide bonds. The molecule has 0 saturated heterocycles. The Kier molecular flexibility index (Phi) is 6.19. The van der Waals surface area contributed by atoms with Crippen LogP contribution in [-0.2, 0) is 6.54 Å². The molecule has 3 aromatic rings. The van der Waals surface area contributed by atoms with E-state index in [1.165, 1.54) is 19.2 Å². The predicted octanol–water partition coefficient (Wildman–Crippen LogP) is 4.79. The Morgan fingerprint density at radius 2 is 2.00 bits per heavy atom. The third-order valence-corrected chi connectivity index (χ3v) is 4.98. The van der Waals surface area contributed by atoms with Crippen molar-refractivity contribution < 1.29 is 9.66 Å². The highest BCUT2D eigenvalue weighted by Gasteiger charge is 2.16. The number of methoxy groups -OCH3 is 1. The number of non-ortho nitro benzene ring substituents is 1. The van der Waals surface area contributed by atoms with Crippen molar-refractivity contribution in [1.29, 1.82) is 0 Å². The Balaban J connectivity index is 1.83. The molecule has 7 nitrogen and oxygen atoms in total. The summed E-state index contributed by atoms with van der Waals surface area (Å²) in [7, 11) is 1.50. The number of ether oxygens (including phenoxy) is 1. The first kappa shape index (κ1) is 20.4. The van der Waals surface area contributed by atoms with Crippen LogP contribution in [0.5, 0.6) is 5.75 Å². The normalized spacial score (nSPS) is 11.0. The number of aryl methyl sites for hydroxylation is 1. The molecule has 0 spiro atoms. The first-order valence-electron chi connectivity index (χ1n) is 8.93. The lowest BCUT2D eigenvalue weighted by atomic mass is 10.2. The first-order valence-corrected chi connectivity index (χ1v) is 9.31. The van der Waals surface area contributed by atoms with E-state index in [1.54, 1.807) is 12.3 Å². The Hall–Kier alpha value is -3.32. The number of hydrogen-bond acceptors (Lipinski definition) is 5. The highest BCUT2D eigenvalue weighted by atomic mass is 35.5. The van der Waals surface area contributed by atoms with Crippen LogP contribution in [0.15, 0.2) is 53.6 Å². The van der Waals surface area contributed by atoms with Gasteiger partial charge in [0.25, 0.3) is 5.69 Å². The largest absolute Gasteiger partial charge is 0.494 e. The number of nitrogens with zero attached hydrogens (tertiary/aromatic N) is 3. The summed E-state index contributed by atoms with van der Waals surface area (Å²) in [6, 6.07) is 14.2. The Bertz CT molecular complexity index is 1080. The van der Waals surface area contributed by atoms with Crippen molar-refractivity contribution in [3.05, 3.63) is 86.2 Å². The summed E-state index contributed by atoms with van der Waals surface area (Å²) in [5, 5.41) is 16.0. The molecule has 0 fully saturated rings. The monoisotopic (exact) mass is 412 g/mol. The second-order valence-electron chi connectivity index (χ2n) is 6.46. The van der Waals surface area contributed by atoms with Gasteiger partial charge in [-0.25, -0.2) is 0 Å². The van der Waals surface area contributed by atoms with Crippen molar-refractivity contribution in [2.45, 2.75) is 20.4 Å². The van der Waals surface area contributed by atoms with Gasteiger partial charge in [0.05, 0.1) is 36.5 Å². The Labute approximate surface area is 173 Å². The zero-order valence-corrected chi connectivity index (χ0v) is 17.1. The van der Waals surface area contributed by atoms with Gasteiger partial charge < -0.3 is 14.7 Å². The molecule has 0 aliphatic carbocycles. The molecule has 1 N–H and O–H groups in total. The first-order chi connectivity index (χ1) is 13.9. The average Bonchev–Trinajstić information content (AvgIpc) is 2.99. The molecule has 1 aromatic heterocycles. The number of nitro benzene ring substituents is 1. The molecule has 0 radical (unpaired) electrons. The lowest BCUT2D eigenvalue weighted by molar-refractivity contribution is -0.384. The van der Waals surface area contributed by atoms with Crippen molar-refractivity contribution in [2.24, 2.45) is 5.10 Å². The molecule has 2 aromatic carbocycles. The molecular weight excluding hydrogens is 392 g/mol. The number of rotatable bonds is 7.